The molecule has 0 aliphatic carbocycles. The molecule has 2 rings (SSSR count). The van der Waals surface area contributed by atoms with Gasteiger partial charge in [-0.05, 0) is 19.1 Å². The van der Waals surface area contributed by atoms with Crippen LogP contribution in [0.5, 0.6) is 11.5 Å². The SMILES string of the molecule is C=CC(=O)Nc1cc2c(cc1C(C)=O)OCCO2. The molecule has 0 spiro atoms. The predicted molar refractivity (Wildman–Crippen MR) is 66.3 cm³/mol. The lowest BCUT2D eigenvalue weighted by molar-refractivity contribution is -0.111. The van der Waals surface area contributed by atoms with Crippen molar-refractivity contribution in [1.82, 2.24) is 0 Å². The van der Waals surface area contributed by atoms with Gasteiger partial charge in [-0.1, -0.05) is 6.58 Å². The fourth-order valence-electron chi connectivity index (χ4n) is 1.67. The number of anilines is 1. The van der Waals surface area contributed by atoms with Crippen LogP contribution in [0.1, 0.15) is 17.3 Å². The summed E-state index contributed by atoms with van der Waals surface area (Å²) in [5, 5.41) is 2.58. The van der Waals surface area contributed by atoms with E-state index < -0.39 is 0 Å². The zero-order chi connectivity index (χ0) is 13.1. The molecule has 5 heteroatoms. The van der Waals surface area contributed by atoms with Crippen molar-refractivity contribution in [2.45, 2.75) is 6.92 Å². The second-order valence-electron chi connectivity index (χ2n) is 3.79. The molecule has 0 aromatic heterocycles. The molecule has 1 aliphatic rings. The van der Waals surface area contributed by atoms with Crippen molar-refractivity contribution in [3.63, 3.8) is 0 Å². The van der Waals surface area contributed by atoms with Crippen LogP contribution in [0.25, 0.3) is 0 Å². The van der Waals surface area contributed by atoms with E-state index in [1.807, 2.05) is 0 Å². The number of carbonyl (C=O) groups is 2. The number of ketones is 1. The van der Waals surface area contributed by atoms with Gasteiger partial charge >= 0.3 is 0 Å². The number of amides is 1. The predicted octanol–water partition coefficient (Wildman–Crippen LogP) is 1.78. The monoisotopic (exact) mass is 247 g/mol. The lowest BCUT2D eigenvalue weighted by atomic mass is 10.1. The van der Waals surface area contributed by atoms with E-state index in [2.05, 4.69) is 11.9 Å². The van der Waals surface area contributed by atoms with E-state index in [0.717, 1.165) is 6.08 Å². The summed E-state index contributed by atoms with van der Waals surface area (Å²) in [6, 6.07) is 3.17. The molecule has 1 N–H and O–H groups in total. The maximum absolute atomic E-state index is 11.5. The Morgan fingerprint density at radius 1 is 1.28 bits per heavy atom. The zero-order valence-corrected chi connectivity index (χ0v) is 9.99. The van der Waals surface area contributed by atoms with Gasteiger partial charge in [0.1, 0.15) is 13.2 Å². The van der Waals surface area contributed by atoms with Crippen molar-refractivity contribution >= 4 is 17.4 Å². The van der Waals surface area contributed by atoms with Crippen LogP contribution in [-0.2, 0) is 4.79 Å². The van der Waals surface area contributed by atoms with E-state index in [0.29, 0.717) is 36.0 Å². The Labute approximate surface area is 104 Å². The third-order valence-electron chi connectivity index (χ3n) is 2.50. The number of hydrogen-bond acceptors (Lipinski definition) is 4. The average Bonchev–Trinajstić information content (AvgIpc) is 2.37. The van der Waals surface area contributed by atoms with Crippen LogP contribution < -0.4 is 14.8 Å². The van der Waals surface area contributed by atoms with E-state index in [1.165, 1.54) is 6.92 Å². The maximum Gasteiger partial charge on any atom is 0.247 e. The van der Waals surface area contributed by atoms with Crippen molar-refractivity contribution in [2.24, 2.45) is 0 Å². The van der Waals surface area contributed by atoms with Crippen molar-refractivity contribution in [2.75, 3.05) is 18.5 Å². The highest BCUT2D eigenvalue weighted by Gasteiger charge is 2.18. The fraction of sp³-hybridized carbons (Fsp3) is 0.231. The second kappa shape index (κ2) is 4.91. The molecule has 1 aromatic carbocycles. The Hall–Kier alpha value is -2.30. The maximum atomic E-state index is 11.5. The van der Waals surface area contributed by atoms with E-state index in [9.17, 15) is 9.59 Å². The van der Waals surface area contributed by atoms with E-state index >= 15 is 0 Å². The zero-order valence-electron chi connectivity index (χ0n) is 9.99. The molecule has 1 amide bonds. The van der Waals surface area contributed by atoms with Crippen LogP contribution in [0, 0.1) is 0 Å². The van der Waals surface area contributed by atoms with Gasteiger partial charge in [0.25, 0.3) is 0 Å². The first-order valence-electron chi connectivity index (χ1n) is 5.50. The quantitative estimate of drug-likeness (QED) is 0.653. The summed E-state index contributed by atoms with van der Waals surface area (Å²) in [4.78, 5) is 22.9. The highest BCUT2D eigenvalue weighted by Crippen LogP contribution is 2.35. The van der Waals surface area contributed by atoms with Crippen LogP contribution in [0.3, 0.4) is 0 Å². The average molecular weight is 247 g/mol. The molecule has 0 atom stereocenters. The van der Waals surface area contributed by atoms with Crippen molar-refractivity contribution in [3.05, 3.63) is 30.4 Å². The molecule has 18 heavy (non-hydrogen) atoms. The number of benzene rings is 1. The largest absolute Gasteiger partial charge is 0.486 e. The van der Waals surface area contributed by atoms with Crippen LogP contribution in [-0.4, -0.2) is 24.9 Å². The van der Waals surface area contributed by atoms with Crippen LogP contribution in [0.4, 0.5) is 5.69 Å². The molecule has 0 saturated heterocycles. The highest BCUT2D eigenvalue weighted by atomic mass is 16.6. The van der Waals surface area contributed by atoms with Crippen LogP contribution in [0.2, 0.25) is 0 Å². The second-order valence-corrected chi connectivity index (χ2v) is 3.79. The lowest BCUT2D eigenvalue weighted by Crippen LogP contribution is -2.17. The van der Waals surface area contributed by atoms with E-state index in [-0.39, 0.29) is 11.7 Å². The van der Waals surface area contributed by atoms with E-state index in [4.69, 9.17) is 9.47 Å². The third kappa shape index (κ3) is 2.34. The number of hydrogen-bond donors (Lipinski definition) is 1. The number of fused-ring (bicyclic) bond motifs is 1. The van der Waals surface area contributed by atoms with Crippen LogP contribution >= 0.6 is 0 Å². The highest BCUT2D eigenvalue weighted by molar-refractivity contribution is 6.07. The Kier molecular flexibility index (Phi) is 3.32. The molecule has 5 nitrogen and oxygen atoms in total. The normalized spacial score (nSPS) is 12.7. The Bertz CT molecular complexity index is 522. The lowest BCUT2D eigenvalue weighted by Gasteiger charge is -2.20. The molecule has 0 unspecified atom stereocenters. The molecule has 0 fully saturated rings. The number of carbonyl (C=O) groups excluding carboxylic acids is 2. The number of ether oxygens (including phenoxy) is 2. The Morgan fingerprint density at radius 3 is 2.44 bits per heavy atom. The Morgan fingerprint density at radius 2 is 1.89 bits per heavy atom. The molecule has 94 valence electrons. The van der Waals surface area contributed by atoms with Gasteiger partial charge in [0.2, 0.25) is 5.91 Å². The summed E-state index contributed by atoms with van der Waals surface area (Å²) in [6.07, 6.45) is 1.14. The van der Waals surface area contributed by atoms with Crippen molar-refractivity contribution < 1.29 is 19.1 Å². The van der Waals surface area contributed by atoms with Gasteiger partial charge in [0.05, 0.1) is 5.69 Å². The van der Waals surface area contributed by atoms with Gasteiger partial charge in [-0.25, -0.2) is 0 Å². The number of Topliss-reactive ketones (excluding diaryl/α,β-unsaturated/α-hetero) is 1. The van der Waals surface area contributed by atoms with Gasteiger partial charge < -0.3 is 14.8 Å². The summed E-state index contributed by atoms with van der Waals surface area (Å²) in [5.74, 6) is 0.495. The first-order chi connectivity index (χ1) is 8.61. The number of nitrogens with one attached hydrogen (secondary N) is 1. The number of rotatable bonds is 3. The Balaban J connectivity index is 2.45. The van der Waals surface area contributed by atoms with Crippen LogP contribution in [0.15, 0.2) is 24.8 Å². The molecule has 1 aromatic rings. The molecule has 0 radical (unpaired) electrons. The fourth-order valence-corrected chi connectivity index (χ4v) is 1.67. The first kappa shape index (κ1) is 12.2. The van der Waals surface area contributed by atoms with Crippen molar-refractivity contribution in [1.29, 1.82) is 0 Å². The van der Waals surface area contributed by atoms with Gasteiger partial charge in [-0.2, -0.15) is 0 Å². The summed E-state index contributed by atoms with van der Waals surface area (Å²) in [5.41, 5.74) is 0.783. The summed E-state index contributed by atoms with van der Waals surface area (Å²) in [6.45, 7) is 5.68. The minimum Gasteiger partial charge on any atom is -0.486 e. The topological polar surface area (TPSA) is 64.6 Å². The molecular formula is C13H13NO4. The van der Waals surface area contributed by atoms with E-state index in [1.54, 1.807) is 12.1 Å². The molecule has 1 heterocycles. The molecule has 0 bridgehead atoms. The smallest absolute Gasteiger partial charge is 0.247 e. The summed E-state index contributed by atoms with van der Waals surface area (Å²) < 4.78 is 10.8. The summed E-state index contributed by atoms with van der Waals surface area (Å²) in [7, 11) is 0. The van der Waals surface area contributed by atoms with Gasteiger partial charge in [0.15, 0.2) is 17.3 Å². The summed E-state index contributed by atoms with van der Waals surface area (Å²) >= 11 is 0. The first-order valence-corrected chi connectivity index (χ1v) is 5.50. The standard InChI is InChI=1S/C13H13NO4/c1-3-13(16)14-10-7-12-11(17-4-5-18-12)6-9(10)8(2)15/h3,6-7H,1,4-5H2,2H3,(H,14,16). The molecular weight excluding hydrogens is 234 g/mol. The minimum atomic E-state index is -0.380. The van der Waals surface area contributed by atoms with Gasteiger partial charge in [-0.3, -0.25) is 9.59 Å². The van der Waals surface area contributed by atoms with Crippen molar-refractivity contribution in [3.8, 4) is 11.5 Å². The van der Waals surface area contributed by atoms with Gasteiger partial charge in [-0.15, -0.1) is 0 Å². The third-order valence-corrected chi connectivity index (χ3v) is 2.50. The minimum absolute atomic E-state index is 0.161. The molecule has 0 saturated carbocycles. The van der Waals surface area contributed by atoms with Gasteiger partial charge in [0, 0.05) is 11.6 Å². The molecule has 1 aliphatic heterocycles.